The highest BCUT2D eigenvalue weighted by atomic mass is 32.2. The monoisotopic (exact) mass is 296 g/mol. The standard InChI is InChI=1S/C12H16N4O3S/c1-8-7-11(15-14-8)19-9-5-4-6-10(12(9)13)20(17,18)16(2)3/h4-7H,13H2,1-3H3,(H,14,15). The normalized spacial score (nSPS) is 11.8. The number of nitrogens with two attached hydrogens (primary N) is 1. The maximum atomic E-state index is 12.1. The summed E-state index contributed by atoms with van der Waals surface area (Å²) in [7, 11) is -0.729. The van der Waals surface area contributed by atoms with Gasteiger partial charge in [0.25, 0.3) is 0 Å². The van der Waals surface area contributed by atoms with Gasteiger partial charge in [-0.05, 0) is 19.1 Å². The van der Waals surface area contributed by atoms with Crippen molar-refractivity contribution in [1.82, 2.24) is 14.5 Å². The van der Waals surface area contributed by atoms with Gasteiger partial charge in [-0.3, -0.25) is 5.10 Å². The second kappa shape index (κ2) is 5.14. The Balaban J connectivity index is 2.42. The molecule has 0 fully saturated rings. The van der Waals surface area contributed by atoms with Crippen LogP contribution in [0.4, 0.5) is 5.69 Å². The number of nitrogens with one attached hydrogen (secondary N) is 1. The number of hydrogen-bond acceptors (Lipinski definition) is 5. The molecule has 108 valence electrons. The quantitative estimate of drug-likeness (QED) is 0.829. The molecule has 2 aromatic rings. The van der Waals surface area contributed by atoms with Crippen LogP contribution < -0.4 is 10.5 Å². The van der Waals surface area contributed by atoms with E-state index in [1.54, 1.807) is 18.2 Å². The third-order valence-electron chi connectivity index (χ3n) is 2.68. The highest BCUT2D eigenvalue weighted by molar-refractivity contribution is 7.89. The van der Waals surface area contributed by atoms with Crippen molar-refractivity contribution in [2.24, 2.45) is 0 Å². The highest BCUT2D eigenvalue weighted by Crippen LogP contribution is 2.32. The van der Waals surface area contributed by atoms with Crippen molar-refractivity contribution in [3.63, 3.8) is 0 Å². The van der Waals surface area contributed by atoms with Gasteiger partial charge in [-0.1, -0.05) is 6.07 Å². The number of ether oxygens (including phenoxy) is 1. The van der Waals surface area contributed by atoms with Crippen molar-refractivity contribution in [1.29, 1.82) is 0 Å². The largest absolute Gasteiger partial charge is 0.435 e. The molecule has 0 amide bonds. The number of anilines is 1. The van der Waals surface area contributed by atoms with Gasteiger partial charge in [-0.2, -0.15) is 0 Å². The molecule has 20 heavy (non-hydrogen) atoms. The number of nitrogens with zero attached hydrogens (tertiary/aromatic N) is 2. The molecule has 0 bridgehead atoms. The van der Waals surface area contributed by atoms with E-state index in [1.807, 2.05) is 6.92 Å². The average molecular weight is 296 g/mol. The molecular formula is C12H16N4O3S. The van der Waals surface area contributed by atoms with Gasteiger partial charge in [-0.15, -0.1) is 5.10 Å². The first kappa shape index (κ1) is 14.4. The summed E-state index contributed by atoms with van der Waals surface area (Å²) in [5.74, 6) is 0.577. The smallest absolute Gasteiger partial charge is 0.244 e. The molecule has 0 aliphatic rings. The van der Waals surface area contributed by atoms with Gasteiger partial charge in [0.05, 0.1) is 5.69 Å². The van der Waals surface area contributed by atoms with Crippen LogP contribution in [0.15, 0.2) is 29.2 Å². The summed E-state index contributed by atoms with van der Waals surface area (Å²) in [6, 6.07) is 6.29. The van der Waals surface area contributed by atoms with Crippen molar-refractivity contribution in [3.05, 3.63) is 30.0 Å². The lowest BCUT2D eigenvalue weighted by molar-refractivity contribution is 0.461. The number of hydrogen-bond donors (Lipinski definition) is 2. The minimum atomic E-state index is -3.62. The van der Waals surface area contributed by atoms with Crippen LogP contribution in [-0.4, -0.2) is 37.0 Å². The Morgan fingerprint density at radius 3 is 2.60 bits per heavy atom. The van der Waals surface area contributed by atoms with Gasteiger partial charge in [0, 0.05) is 25.9 Å². The average Bonchev–Trinajstić information content (AvgIpc) is 2.77. The molecule has 0 spiro atoms. The van der Waals surface area contributed by atoms with Crippen LogP contribution in [0.3, 0.4) is 0 Å². The van der Waals surface area contributed by atoms with Crippen LogP contribution in [0.1, 0.15) is 5.69 Å². The van der Waals surface area contributed by atoms with E-state index in [9.17, 15) is 8.42 Å². The molecule has 0 saturated heterocycles. The van der Waals surface area contributed by atoms with Gasteiger partial charge in [-0.25, -0.2) is 12.7 Å². The third-order valence-corrected chi connectivity index (χ3v) is 4.55. The molecule has 8 heteroatoms. The van der Waals surface area contributed by atoms with E-state index in [4.69, 9.17) is 10.5 Å². The summed E-state index contributed by atoms with van der Waals surface area (Å²) in [4.78, 5) is 0.00672. The molecule has 0 radical (unpaired) electrons. The molecule has 0 aliphatic heterocycles. The lowest BCUT2D eigenvalue weighted by Crippen LogP contribution is -2.23. The molecule has 0 unspecified atom stereocenters. The van der Waals surface area contributed by atoms with E-state index in [-0.39, 0.29) is 16.3 Å². The van der Waals surface area contributed by atoms with E-state index < -0.39 is 10.0 Å². The van der Waals surface area contributed by atoms with Gasteiger partial charge >= 0.3 is 0 Å². The topological polar surface area (TPSA) is 101 Å². The van der Waals surface area contributed by atoms with Crippen molar-refractivity contribution in [2.75, 3.05) is 19.8 Å². The Labute approximate surface area is 117 Å². The van der Waals surface area contributed by atoms with E-state index in [1.165, 1.54) is 20.2 Å². The van der Waals surface area contributed by atoms with Crippen LogP contribution in [-0.2, 0) is 10.0 Å². The molecule has 1 aromatic heterocycles. The zero-order valence-corrected chi connectivity index (χ0v) is 12.2. The third kappa shape index (κ3) is 2.61. The summed E-state index contributed by atoms with van der Waals surface area (Å²) in [5, 5.41) is 6.65. The fourth-order valence-electron chi connectivity index (χ4n) is 1.59. The Morgan fingerprint density at radius 1 is 1.35 bits per heavy atom. The molecule has 2 rings (SSSR count). The van der Waals surface area contributed by atoms with Crippen molar-refractivity contribution in [2.45, 2.75) is 11.8 Å². The fourth-order valence-corrected chi connectivity index (χ4v) is 2.61. The number of benzene rings is 1. The van der Waals surface area contributed by atoms with Crippen molar-refractivity contribution < 1.29 is 13.2 Å². The Morgan fingerprint density at radius 2 is 2.05 bits per heavy atom. The van der Waals surface area contributed by atoms with Crippen molar-refractivity contribution >= 4 is 15.7 Å². The van der Waals surface area contributed by atoms with Gasteiger partial charge in [0.2, 0.25) is 15.9 Å². The molecule has 0 saturated carbocycles. The number of aromatic amines is 1. The number of sulfonamides is 1. The summed E-state index contributed by atoms with van der Waals surface area (Å²) < 4.78 is 30.9. The zero-order chi connectivity index (χ0) is 14.9. The number of aromatic nitrogens is 2. The van der Waals surface area contributed by atoms with E-state index in [2.05, 4.69) is 10.2 Å². The predicted octanol–water partition coefficient (Wildman–Crippen LogP) is 1.34. The molecule has 3 N–H and O–H groups in total. The minimum Gasteiger partial charge on any atom is -0.435 e. The van der Waals surface area contributed by atoms with Gasteiger partial charge in [0.15, 0.2) is 5.75 Å². The summed E-state index contributed by atoms with van der Waals surface area (Å²) in [6.45, 7) is 1.83. The minimum absolute atomic E-state index is 0.00672. The van der Waals surface area contributed by atoms with Crippen LogP contribution in [0.5, 0.6) is 11.6 Å². The molecule has 0 atom stereocenters. The maximum Gasteiger partial charge on any atom is 0.244 e. The van der Waals surface area contributed by atoms with Gasteiger partial charge in [0.1, 0.15) is 4.90 Å². The highest BCUT2D eigenvalue weighted by Gasteiger charge is 2.22. The summed E-state index contributed by atoms with van der Waals surface area (Å²) >= 11 is 0. The van der Waals surface area contributed by atoms with E-state index in [0.29, 0.717) is 5.88 Å². The van der Waals surface area contributed by atoms with E-state index in [0.717, 1.165) is 10.00 Å². The Kier molecular flexibility index (Phi) is 3.69. The summed E-state index contributed by atoms with van der Waals surface area (Å²) in [6.07, 6.45) is 0. The summed E-state index contributed by atoms with van der Waals surface area (Å²) in [5.41, 5.74) is 6.78. The zero-order valence-electron chi connectivity index (χ0n) is 11.4. The lowest BCUT2D eigenvalue weighted by Gasteiger charge is -2.15. The Hall–Kier alpha value is -2.06. The lowest BCUT2D eigenvalue weighted by atomic mass is 10.3. The maximum absolute atomic E-state index is 12.1. The predicted molar refractivity (Wildman–Crippen MR) is 75.1 cm³/mol. The molecular weight excluding hydrogens is 280 g/mol. The molecule has 7 nitrogen and oxygen atoms in total. The number of rotatable bonds is 4. The molecule has 1 heterocycles. The van der Waals surface area contributed by atoms with Gasteiger partial charge < -0.3 is 10.5 Å². The second-order valence-corrected chi connectivity index (χ2v) is 6.57. The SMILES string of the molecule is Cc1cc(Oc2cccc(S(=O)(=O)N(C)C)c2N)n[nH]1. The van der Waals surface area contributed by atoms with Crippen molar-refractivity contribution in [3.8, 4) is 11.6 Å². The Bertz CT molecular complexity index is 722. The first-order chi connectivity index (χ1) is 9.32. The van der Waals surface area contributed by atoms with Crippen LogP contribution in [0.25, 0.3) is 0 Å². The van der Waals surface area contributed by atoms with Crippen LogP contribution >= 0.6 is 0 Å². The molecule has 1 aromatic carbocycles. The van der Waals surface area contributed by atoms with E-state index >= 15 is 0 Å². The first-order valence-corrected chi connectivity index (χ1v) is 7.27. The number of para-hydroxylation sites is 1. The second-order valence-electron chi connectivity index (χ2n) is 4.45. The number of aryl methyl sites for hydroxylation is 1. The van der Waals surface area contributed by atoms with Crippen LogP contribution in [0, 0.1) is 6.92 Å². The number of H-pyrrole nitrogens is 1. The fraction of sp³-hybridized carbons (Fsp3) is 0.250. The molecule has 0 aliphatic carbocycles. The number of nitrogen functional groups attached to an aromatic ring is 1. The van der Waals surface area contributed by atoms with Crippen LogP contribution in [0.2, 0.25) is 0 Å². The first-order valence-electron chi connectivity index (χ1n) is 5.83.